The third-order valence-corrected chi connectivity index (χ3v) is 3.51. The van der Waals surface area contributed by atoms with E-state index in [-0.39, 0.29) is 6.10 Å². The van der Waals surface area contributed by atoms with Gasteiger partial charge in [-0.05, 0) is 0 Å². The summed E-state index contributed by atoms with van der Waals surface area (Å²) in [7, 11) is 1.55. The second-order valence-corrected chi connectivity index (χ2v) is 4.77. The molecule has 2 heterocycles. The molecule has 2 aliphatic rings. The lowest BCUT2D eigenvalue weighted by Gasteiger charge is -2.41. The van der Waals surface area contributed by atoms with E-state index < -0.39 is 18.7 Å². The van der Waals surface area contributed by atoms with Crippen LogP contribution in [0.4, 0.5) is 0 Å². The molecule has 1 aromatic rings. The number of nitrogens with zero attached hydrogens (tertiary/aromatic N) is 1. The molecule has 0 aromatic heterocycles. The van der Waals surface area contributed by atoms with Crippen LogP contribution in [0.2, 0.25) is 0 Å². The zero-order valence-corrected chi connectivity index (χ0v) is 11.1. The minimum atomic E-state index is -0.475. The fraction of sp³-hybridized carbons (Fsp3) is 0.500. The van der Waals surface area contributed by atoms with Gasteiger partial charge >= 0.3 is 0 Å². The predicted octanol–water partition coefficient (Wildman–Crippen LogP) is 1.69. The van der Waals surface area contributed by atoms with Crippen LogP contribution in [0.3, 0.4) is 0 Å². The van der Waals surface area contributed by atoms with Gasteiger partial charge in [0.1, 0.15) is 12.2 Å². The molecule has 1 aromatic carbocycles. The number of ether oxygens (including phenoxy) is 4. The molecule has 1 N–H and O–H groups in total. The summed E-state index contributed by atoms with van der Waals surface area (Å²) in [5, 5.41) is 12.5. The Labute approximate surface area is 116 Å². The fourth-order valence-corrected chi connectivity index (χ4v) is 2.49. The maximum Gasteiger partial charge on any atom is 0.184 e. The van der Waals surface area contributed by atoms with Gasteiger partial charge < -0.3 is 24.2 Å². The van der Waals surface area contributed by atoms with Crippen molar-refractivity contribution in [3.63, 3.8) is 0 Å². The molecule has 2 fully saturated rings. The zero-order valence-electron chi connectivity index (χ0n) is 11.1. The Balaban J connectivity index is 1.76. The lowest BCUT2D eigenvalue weighted by atomic mass is 10.0. The predicted molar refractivity (Wildman–Crippen MR) is 69.5 cm³/mol. The van der Waals surface area contributed by atoms with Gasteiger partial charge in [0.25, 0.3) is 0 Å². The first-order chi connectivity index (χ1) is 9.81. The zero-order chi connectivity index (χ0) is 13.9. The molecule has 0 bridgehead atoms. The highest BCUT2D eigenvalue weighted by atomic mass is 16.7. The molecule has 6 heteroatoms. The SMILES string of the molecule is CO[C@@H]1C/C(=N/O)[C@@H]2O[C@@H](c3ccccc3)OC[C@@H]2O1. The Hall–Kier alpha value is -1.47. The first-order valence-corrected chi connectivity index (χ1v) is 6.53. The van der Waals surface area contributed by atoms with E-state index in [1.807, 2.05) is 30.3 Å². The van der Waals surface area contributed by atoms with Crippen LogP contribution in [0.5, 0.6) is 0 Å². The number of fused-ring (bicyclic) bond motifs is 1. The highest BCUT2D eigenvalue weighted by Crippen LogP contribution is 2.32. The van der Waals surface area contributed by atoms with Crippen LogP contribution in [-0.4, -0.2) is 43.1 Å². The van der Waals surface area contributed by atoms with Crippen LogP contribution < -0.4 is 0 Å². The fourth-order valence-electron chi connectivity index (χ4n) is 2.49. The average Bonchev–Trinajstić information content (AvgIpc) is 2.54. The van der Waals surface area contributed by atoms with Crippen molar-refractivity contribution in [1.29, 1.82) is 0 Å². The van der Waals surface area contributed by atoms with Crippen molar-refractivity contribution in [1.82, 2.24) is 0 Å². The Morgan fingerprint density at radius 1 is 1.25 bits per heavy atom. The number of methoxy groups -OCH3 is 1. The summed E-state index contributed by atoms with van der Waals surface area (Å²) in [5.74, 6) is 0. The summed E-state index contributed by atoms with van der Waals surface area (Å²) in [6.45, 7) is 0.364. The minimum absolute atomic E-state index is 0.320. The Kier molecular flexibility index (Phi) is 3.98. The van der Waals surface area contributed by atoms with Crippen molar-refractivity contribution in [2.45, 2.75) is 31.2 Å². The number of oxime groups is 1. The van der Waals surface area contributed by atoms with Gasteiger partial charge in [-0.2, -0.15) is 0 Å². The third kappa shape index (κ3) is 2.55. The molecule has 3 rings (SSSR count). The van der Waals surface area contributed by atoms with Crippen molar-refractivity contribution < 1.29 is 24.2 Å². The quantitative estimate of drug-likeness (QED) is 0.659. The lowest BCUT2D eigenvalue weighted by molar-refractivity contribution is -0.286. The van der Waals surface area contributed by atoms with E-state index in [1.165, 1.54) is 0 Å². The molecular formula is C14H17NO5. The van der Waals surface area contributed by atoms with E-state index in [1.54, 1.807) is 7.11 Å². The van der Waals surface area contributed by atoms with E-state index in [4.69, 9.17) is 24.2 Å². The van der Waals surface area contributed by atoms with Gasteiger partial charge in [0.05, 0.1) is 12.3 Å². The molecule has 0 saturated carbocycles. The standard InChI is InChI=1S/C14H17NO5/c1-17-12-7-10(15-16)13-11(19-12)8-18-14(20-13)9-5-3-2-4-6-9/h2-6,11-14,16H,7-8H2,1H3/b15-10-/t11-,12-,13-,14-/m0/s1. The highest BCUT2D eigenvalue weighted by molar-refractivity contribution is 5.89. The van der Waals surface area contributed by atoms with Gasteiger partial charge in [-0.3, -0.25) is 0 Å². The third-order valence-electron chi connectivity index (χ3n) is 3.51. The molecule has 0 aliphatic carbocycles. The Morgan fingerprint density at radius 3 is 2.75 bits per heavy atom. The average molecular weight is 279 g/mol. The summed E-state index contributed by atoms with van der Waals surface area (Å²) in [6.07, 6.45) is -1.25. The largest absolute Gasteiger partial charge is 0.411 e. The molecule has 0 spiro atoms. The van der Waals surface area contributed by atoms with Crippen LogP contribution in [0.25, 0.3) is 0 Å². The second-order valence-electron chi connectivity index (χ2n) is 4.77. The van der Waals surface area contributed by atoms with Gasteiger partial charge in [0, 0.05) is 19.1 Å². The van der Waals surface area contributed by atoms with Gasteiger partial charge in [-0.25, -0.2) is 0 Å². The maximum atomic E-state index is 9.16. The first-order valence-electron chi connectivity index (χ1n) is 6.53. The van der Waals surface area contributed by atoms with E-state index >= 15 is 0 Å². The molecule has 4 atom stereocenters. The Morgan fingerprint density at radius 2 is 2.05 bits per heavy atom. The van der Waals surface area contributed by atoms with E-state index in [9.17, 15) is 0 Å². The monoisotopic (exact) mass is 279 g/mol. The molecule has 108 valence electrons. The van der Waals surface area contributed by atoms with Gasteiger partial charge in [-0.1, -0.05) is 35.5 Å². The van der Waals surface area contributed by atoms with E-state index in [0.29, 0.717) is 18.7 Å². The summed E-state index contributed by atoms with van der Waals surface area (Å²) < 4.78 is 22.4. The van der Waals surface area contributed by atoms with Gasteiger partial charge in [0.2, 0.25) is 0 Å². The van der Waals surface area contributed by atoms with Crippen molar-refractivity contribution in [3.8, 4) is 0 Å². The van der Waals surface area contributed by atoms with Crippen molar-refractivity contribution >= 4 is 5.71 Å². The topological polar surface area (TPSA) is 69.5 Å². The summed E-state index contributed by atoms with van der Waals surface area (Å²) in [6, 6.07) is 9.65. The van der Waals surface area contributed by atoms with Crippen LogP contribution in [-0.2, 0) is 18.9 Å². The lowest BCUT2D eigenvalue weighted by Crippen LogP contribution is -2.53. The number of hydrogen-bond donors (Lipinski definition) is 1. The number of rotatable bonds is 2. The minimum Gasteiger partial charge on any atom is -0.411 e. The molecule has 20 heavy (non-hydrogen) atoms. The Bertz CT molecular complexity index is 478. The van der Waals surface area contributed by atoms with Crippen LogP contribution >= 0.6 is 0 Å². The number of hydrogen-bond acceptors (Lipinski definition) is 6. The van der Waals surface area contributed by atoms with Crippen LogP contribution in [0.15, 0.2) is 35.5 Å². The second kappa shape index (κ2) is 5.88. The van der Waals surface area contributed by atoms with Gasteiger partial charge in [0.15, 0.2) is 12.6 Å². The summed E-state index contributed by atoms with van der Waals surface area (Å²) >= 11 is 0. The van der Waals surface area contributed by atoms with Gasteiger partial charge in [-0.15, -0.1) is 0 Å². The first kappa shape index (κ1) is 13.5. The highest BCUT2D eigenvalue weighted by Gasteiger charge is 2.42. The summed E-state index contributed by atoms with van der Waals surface area (Å²) in [5.41, 5.74) is 1.45. The van der Waals surface area contributed by atoms with Crippen molar-refractivity contribution in [3.05, 3.63) is 35.9 Å². The smallest absolute Gasteiger partial charge is 0.184 e. The van der Waals surface area contributed by atoms with Crippen LogP contribution in [0, 0.1) is 0 Å². The molecule has 6 nitrogen and oxygen atoms in total. The molecular weight excluding hydrogens is 262 g/mol. The maximum absolute atomic E-state index is 9.16. The van der Waals surface area contributed by atoms with E-state index in [0.717, 1.165) is 5.56 Å². The molecule has 0 radical (unpaired) electrons. The molecule has 2 aliphatic heterocycles. The number of benzene rings is 1. The van der Waals surface area contributed by atoms with Crippen LogP contribution in [0.1, 0.15) is 18.3 Å². The van der Waals surface area contributed by atoms with Crippen molar-refractivity contribution in [2.24, 2.45) is 5.16 Å². The van der Waals surface area contributed by atoms with Crippen molar-refractivity contribution in [2.75, 3.05) is 13.7 Å². The molecule has 0 unspecified atom stereocenters. The normalized spacial score (nSPS) is 35.8. The van der Waals surface area contributed by atoms with E-state index in [2.05, 4.69) is 5.16 Å². The molecule has 2 saturated heterocycles. The summed E-state index contributed by atoms with van der Waals surface area (Å²) in [4.78, 5) is 0. The molecule has 0 amide bonds.